The first kappa shape index (κ1) is 18.7. The Morgan fingerprint density at radius 1 is 1.08 bits per heavy atom. The molecule has 138 valence electrons. The van der Waals surface area contributed by atoms with Crippen LogP contribution in [0.2, 0.25) is 0 Å². The summed E-state index contributed by atoms with van der Waals surface area (Å²) in [6.07, 6.45) is -3.21. The van der Waals surface area contributed by atoms with Gasteiger partial charge in [-0.1, -0.05) is 35.6 Å². The van der Waals surface area contributed by atoms with Crippen LogP contribution in [0, 0.1) is 0 Å². The lowest BCUT2D eigenvalue weighted by Gasteiger charge is -2.05. The second-order valence-corrected chi connectivity index (χ2v) is 9.11. The third-order valence-electron chi connectivity index (χ3n) is 3.61. The van der Waals surface area contributed by atoms with Gasteiger partial charge in [0, 0.05) is 12.8 Å². The molecule has 0 fully saturated rings. The van der Waals surface area contributed by atoms with E-state index >= 15 is 0 Å². The highest BCUT2D eigenvalue weighted by atomic mass is 32.2. The van der Waals surface area contributed by atoms with Crippen LogP contribution in [0.3, 0.4) is 0 Å². The summed E-state index contributed by atoms with van der Waals surface area (Å²) in [6.45, 7) is 0.436. The van der Waals surface area contributed by atoms with E-state index < -0.39 is 21.6 Å². The normalized spacial score (nSPS) is 12.5. The number of anilines is 1. The van der Waals surface area contributed by atoms with E-state index in [2.05, 4.69) is 10.3 Å². The summed E-state index contributed by atoms with van der Waals surface area (Å²) in [4.78, 5) is 4.20. The maximum atomic E-state index is 12.7. The van der Waals surface area contributed by atoms with E-state index in [9.17, 15) is 21.6 Å². The number of benzene rings is 2. The minimum atomic E-state index is -4.39. The summed E-state index contributed by atoms with van der Waals surface area (Å²) in [5.74, 6) is -0.0138. The number of sulfone groups is 1. The van der Waals surface area contributed by atoms with E-state index in [0.29, 0.717) is 27.5 Å². The zero-order valence-electron chi connectivity index (χ0n) is 13.7. The average Bonchev–Trinajstić information content (AvgIpc) is 2.94. The number of alkyl halides is 3. The standard InChI is InChI=1S/C17H15F3N2O2S2/c1-26(23,24)10-12-4-2-11(3-5-12)9-21-16-22-14-8-13(17(18,19)20)6-7-15(14)25-16/h2-8H,9-10H2,1H3,(H,21,22). The van der Waals surface area contributed by atoms with Crippen molar-refractivity contribution in [2.24, 2.45) is 0 Å². The first-order valence-electron chi connectivity index (χ1n) is 7.57. The zero-order chi connectivity index (χ0) is 18.9. The van der Waals surface area contributed by atoms with Crippen LogP contribution in [0.5, 0.6) is 0 Å². The maximum absolute atomic E-state index is 12.7. The molecule has 1 aromatic heterocycles. The SMILES string of the molecule is CS(=O)(=O)Cc1ccc(CNc2nc3cc(C(F)(F)F)ccc3s2)cc1. The summed E-state index contributed by atoms with van der Waals surface area (Å²) in [7, 11) is -3.08. The summed E-state index contributed by atoms with van der Waals surface area (Å²) in [5, 5.41) is 3.61. The van der Waals surface area contributed by atoms with Crippen molar-refractivity contribution in [3.63, 3.8) is 0 Å². The molecule has 0 aliphatic carbocycles. The molecule has 0 aliphatic heterocycles. The number of thiazole rings is 1. The number of nitrogens with one attached hydrogen (secondary N) is 1. The van der Waals surface area contributed by atoms with E-state index in [-0.39, 0.29) is 5.75 Å². The van der Waals surface area contributed by atoms with Gasteiger partial charge in [-0.2, -0.15) is 13.2 Å². The van der Waals surface area contributed by atoms with Gasteiger partial charge in [0.2, 0.25) is 0 Å². The zero-order valence-corrected chi connectivity index (χ0v) is 15.3. The molecule has 3 aromatic rings. The lowest BCUT2D eigenvalue weighted by atomic mass is 10.1. The summed E-state index contributed by atoms with van der Waals surface area (Å²) < 4.78 is 61.5. The number of aromatic nitrogens is 1. The Bertz CT molecular complexity index is 1030. The third kappa shape index (κ3) is 4.73. The predicted octanol–water partition coefficient (Wildman–Crippen LogP) is 4.47. The molecule has 2 aromatic carbocycles. The van der Waals surface area contributed by atoms with Gasteiger partial charge in [0.1, 0.15) is 0 Å². The Balaban J connectivity index is 1.69. The van der Waals surface area contributed by atoms with Gasteiger partial charge in [0.05, 0.1) is 21.5 Å². The molecular formula is C17H15F3N2O2S2. The predicted molar refractivity (Wildman–Crippen MR) is 96.9 cm³/mol. The molecule has 3 rings (SSSR count). The Morgan fingerprint density at radius 2 is 1.73 bits per heavy atom. The van der Waals surface area contributed by atoms with Crippen molar-refractivity contribution in [1.29, 1.82) is 0 Å². The van der Waals surface area contributed by atoms with Crippen LogP contribution in [0.15, 0.2) is 42.5 Å². The van der Waals surface area contributed by atoms with Crippen LogP contribution < -0.4 is 5.32 Å². The molecule has 0 unspecified atom stereocenters. The molecule has 0 saturated heterocycles. The second kappa shape index (κ2) is 6.88. The number of fused-ring (bicyclic) bond motifs is 1. The van der Waals surface area contributed by atoms with Gasteiger partial charge in [0.15, 0.2) is 15.0 Å². The van der Waals surface area contributed by atoms with Crippen molar-refractivity contribution >= 4 is 36.5 Å². The highest BCUT2D eigenvalue weighted by molar-refractivity contribution is 7.89. The monoisotopic (exact) mass is 400 g/mol. The van der Waals surface area contributed by atoms with Gasteiger partial charge in [-0.05, 0) is 29.3 Å². The molecule has 0 spiro atoms. The number of nitrogens with zero attached hydrogens (tertiary/aromatic N) is 1. The highest BCUT2D eigenvalue weighted by Crippen LogP contribution is 2.34. The molecule has 0 radical (unpaired) electrons. The van der Waals surface area contributed by atoms with Crippen molar-refractivity contribution in [3.05, 3.63) is 59.2 Å². The lowest BCUT2D eigenvalue weighted by molar-refractivity contribution is -0.137. The van der Waals surface area contributed by atoms with E-state index in [1.165, 1.54) is 23.7 Å². The van der Waals surface area contributed by atoms with Crippen molar-refractivity contribution in [2.45, 2.75) is 18.5 Å². The lowest BCUT2D eigenvalue weighted by Crippen LogP contribution is -2.04. The average molecular weight is 400 g/mol. The summed E-state index contributed by atoms with van der Waals surface area (Å²) in [6, 6.07) is 10.6. The fourth-order valence-electron chi connectivity index (χ4n) is 2.41. The Kier molecular flexibility index (Phi) is 4.94. The Morgan fingerprint density at radius 3 is 2.35 bits per heavy atom. The third-order valence-corrected chi connectivity index (χ3v) is 5.46. The minimum absolute atomic E-state index is 0.0138. The fourth-order valence-corrected chi connectivity index (χ4v) is 4.05. The van der Waals surface area contributed by atoms with Crippen LogP contribution >= 0.6 is 11.3 Å². The second-order valence-electron chi connectivity index (χ2n) is 5.94. The number of hydrogen-bond donors (Lipinski definition) is 1. The Hall–Kier alpha value is -2.13. The van der Waals surface area contributed by atoms with E-state index in [1.807, 2.05) is 12.1 Å². The number of rotatable bonds is 5. The van der Waals surface area contributed by atoms with Gasteiger partial charge >= 0.3 is 6.18 Å². The van der Waals surface area contributed by atoms with Crippen molar-refractivity contribution in [3.8, 4) is 0 Å². The largest absolute Gasteiger partial charge is 0.416 e. The van der Waals surface area contributed by atoms with Crippen molar-refractivity contribution in [2.75, 3.05) is 11.6 Å². The molecule has 1 N–H and O–H groups in total. The molecule has 0 aliphatic rings. The number of hydrogen-bond acceptors (Lipinski definition) is 5. The summed E-state index contributed by atoms with van der Waals surface area (Å²) >= 11 is 1.28. The smallest absolute Gasteiger partial charge is 0.357 e. The first-order chi connectivity index (χ1) is 12.1. The molecule has 0 saturated carbocycles. The van der Waals surface area contributed by atoms with Crippen molar-refractivity contribution in [1.82, 2.24) is 4.98 Å². The van der Waals surface area contributed by atoms with Gasteiger partial charge in [-0.25, -0.2) is 13.4 Å². The van der Waals surface area contributed by atoms with E-state index in [1.54, 1.807) is 12.1 Å². The molecule has 26 heavy (non-hydrogen) atoms. The highest BCUT2D eigenvalue weighted by Gasteiger charge is 2.30. The molecule has 9 heteroatoms. The van der Waals surface area contributed by atoms with Gasteiger partial charge in [0.25, 0.3) is 0 Å². The first-order valence-corrected chi connectivity index (χ1v) is 10.4. The molecule has 1 heterocycles. The summed E-state index contributed by atoms with van der Waals surface area (Å²) in [5.41, 5.74) is 1.20. The van der Waals surface area contributed by atoms with Gasteiger partial charge in [-0.15, -0.1) is 0 Å². The van der Waals surface area contributed by atoms with Gasteiger partial charge < -0.3 is 5.32 Å². The van der Waals surface area contributed by atoms with E-state index in [4.69, 9.17) is 0 Å². The molecule has 0 bridgehead atoms. The topological polar surface area (TPSA) is 59.1 Å². The van der Waals surface area contributed by atoms with Crippen molar-refractivity contribution < 1.29 is 21.6 Å². The van der Waals surface area contributed by atoms with Crippen LogP contribution in [0.1, 0.15) is 16.7 Å². The quantitative estimate of drug-likeness (QED) is 0.686. The van der Waals surface area contributed by atoms with Gasteiger partial charge in [-0.3, -0.25) is 0 Å². The molecule has 4 nitrogen and oxygen atoms in total. The maximum Gasteiger partial charge on any atom is 0.416 e. The molecule has 0 amide bonds. The minimum Gasteiger partial charge on any atom is -0.357 e. The molecular weight excluding hydrogens is 385 g/mol. The fraction of sp³-hybridized carbons (Fsp3) is 0.235. The van der Waals surface area contributed by atoms with Crippen LogP contribution in [-0.4, -0.2) is 19.7 Å². The number of halogens is 3. The molecule has 0 atom stereocenters. The Labute approximate surface area is 152 Å². The van der Waals surface area contributed by atoms with E-state index in [0.717, 1.165) is 17.7 Å². The van der Waals surface area contributed by atoms with Crippen LogP contribution in [-0.2, 0) is 28.3 Å². The van der Waals surface area contributed by atoms with Crippen LogP contribution in [0.25, 0.3) is 10.2 Å². The van der Waals surface area contributed by atoms with Crippen LogP contribution in [0.4, 0.5) is 18.3 Å².